The van der Waals surface area contributed by atoms with Gasteiger partial charge in [0.25, 0.3) is 0 Å². The lowest BCUT2D eigenvalue weighted by atomic mass is 9.99. The molecule has 26 heavy (non-hydrogen) atoms. The van der Waals surface area contributed by atoms with Gasteiger partial charge in [0.1, 0.15) is 17.0 Å². The van der Waals surface area contributed by atoms with Gasteiger partial charge in [-0.2, -0.15) is 0 Å². The smallest absolute Gasteiger partial charge is 0.231 e. The van der Waals surface area contributed by atoms with E-state index in [0.717, 1.165) is 33.5 Å². The summed E-state index contributed by atoms with van der Waals surface area (Å²) in [6.07, 6.45) is 0. The van der Waals surface area contributed by atoms with Crippen LogP contribution in [0.15, 0.2) is 59.0 Å². The third-order valence-corrected chi connectivity index (χ3v) is 4.52. The van der Waals surface area contributed by atoms with Crippen LogP contribution < -0.4 is 4.74 Å². The Morgan fingerprint density at radius 3 is 2.35 bits per heavy atom. The van der Waals surface area contributed by atoms with Crippen molar-refractivity contribution in [3.8, 4) is 34.1 Å². The standard InChI is InChI=1S/C22H19NO3/c1-13-10-16(11-14(2)21(13)25-3)15-8-9-18-20(12-15)26-22(23-18)17-6-4-5-7-19(17)24/h4-12,24H,1-3H3. The molecule has 1 N–H and O–H groups in total. The summed E-state index contributed by atoms with van der Waals surface area (Å²) in [6.45, 7) is 4.08. The lowest BCUT2D eigenvalue weighted by Gasteiger charge is -2.11. The number of aryl methyl sites for hydroxylation is 2. The molecule has 0 saturated carbocycles. The fourth-order valence-electron chi connectivity index (χ4n) is 3.31. The highest BCUT2D eigenvalue weighted by atomic mass is 16.5. The van der Waals surface area contributed by atoms with Crippen LogP contribution in [-0.2, 0) is 0 Å². The van der Waals surface area contributed by atoms with Gasteiger partial charge in [0, 0.05) is 0 Å². The first-order valence-electron chi connectivity index (χ1n) is 8.41. The summed E-state index contributed by atoms with van der Waals surface area (Å²) in [5.74, 6) is 1.48. The van der Waals surface area contributed by atoms with Gasteiger partial charge in [0.15, 0.2) is 5.58 Å². The number of para-hydroxylation sites is 1. The molecule has 0 atom stereocenters. The molecule has 0 aliphatic carbocycles. The molecule has 0 amide bonds. The van der Waals surface area contributed by atoms with Gasteiger partial charge >= 0.3 is 0 Å². The first-order valence-corrected chi connectivity index (χ1v) is 8.41. The van der Waals surface area contributed by atoms with Crippen LogP contribution in [0, 0.1) is 13.8 Å². The van der Waals surface area contributed by atoms with Gasteiger partial charge < -0.3 is 14.3 Å². The Hall–Kier alpha value is -3.27. The Kier molecular flexibility index (Phi) is 3.88. The van der Waals surface area contributed by atoms with E-state index in [0.29, 0.717) is 17.0 Å². The monoisotopic (exact) mass is 345 g/mol. The summed E-state index contributed by atoms with van der Waals surface area (Å²) >= 11 is 0. The van der Waals surface area contributed by atoms with Crippen molar-refractivity contribution in [3.05, 3.63) is 65.7 Å². The fraction of sp³-hybridized carbons (Fsp3) is 0.136. The van der Waals surface area contributed by atoms with E-state index in [1.165, 1.54) is 0 Å². The van der Waals surface area contributed by atoms with Crippen LogP contribution in [0.2, 0.25) is 0 Å². The van der Waals surface area contributed by atoms with E-state index < -0.39 is 0 Å². The Balaban J connectivity index is 1.81. The number of aromatic nitrogens is 1. The predicted octanol–water partition coefficient (Wildman–Crippen LogP) is 5.49. The lowest BCUT2D eigenvalue weighted by molar-refractivity contribution is 0.408. The van der Waals surface area contributed by atoms with E-state index in [4.69, 9.17) is 9.15 Å². The van der Waals surface area contributed by atoms with Crippen molar-refractivity contribution < 1.29 is 14.3 Å². The number of hydrogen-bond donors (Lipinski definition) is 1. The summed E-state index contributed by atoms with van der Waals surface area (Å²) in [6, 6.07) is 17.2. The second-order valence-electron chi connectivity index (χ2n) is 6.36. The maximum absolute atomic E-state index is 10.0. The van der Waals surface area contributed by atoms with E-state index in [9.17, 15) is 5.11 Å². The van der Waals surface area contributed by atoms with Gasteiger partial charge in [0.05, 0.1) is 12.7 Å². The average Bonchev–Trinajstić information content (AvgIpc) is 3.04. The number of nitrogens with zero attached hydrogens (tertiary/aromatic N) is 1. The van der Waals surface area contributed by atoms with Gasteiger partial charge in [-0.3, -0.25) is 0 Å². The molecule has 0 aliphatic rings. The highest BCUT2D eigenvalue weighted by Gasteiger charge is 2.13. The number of phenols is 1. The Labute approximate surface area is 151 Å². The van der Waals surface area contributed by atoms with Gasteiger partial charge in [-0.1, -0.05) is 18.2 Å². The molecule has 4 nitrogen and oxygen atoms in total. The zero-order valence-electron chi connectivity index (χ0n) is 14.9. The summed E-state index contributed by atoms with van der Waals surface area (Å²) < 4.78 is 11.4. The van der Waals surface area contributed by atoms with Crippen molar-refractivity contribution in [2.75, 3.05) is 7.11 Å². The first kappa shape index (κ1) is 16.2. The second kappa shape index (κ2) is 6.23. The normalized spacial score (nSPS) is 11.0. The molecule has 0 fully saturated rings. The number of rotatable bonds is 3. The average molecular weight is 345 g/mol. The molecule has 130 valence electrons. The minimum absolute atomic E-state index is 0.153. The fourth-order valence-corrected chi connectivity index (χ4v) is 3.31. The highest BCUT2D eigenvalue weighted by molar-refractivity contribution is 5.83. The number of hydrogen-bond acceptors (Lipinski definition) is 4. The first-order chi connectivity index (χ1) is 12.6. The summed E-state index contributed by atoms with van der Waals surface area (Å²) in [5.41, 5.74) is 6.36. The molecule has 1 aromatic heterocycles. The van der Waals surface area contributed by atoms with Gasteiger partial charge in [-0.25, -0.2) is 4.98 Å². The van der Waals surface area contributed by atoms with Crippen molar-refractivity contribution >= 4 is 11.1 Å². The highest BCUT2D eigenvalue weighted by Crippen LogP contribution is 2.34. The molecule has 1 heterocycles. The number of aromatic hydroxyl groups is 1. The molecule has 0 unspecified atom stereocenters. The number of fused-ring (bicyclic) bond motifs is 1. The number of benzene rings is 3. The van der Waals surface area contributed by atoms with Crippen molar-refractivity contribution in [2.24, 2.45) is 0 Å². The molecular formula is C22H19NO3. The number of methoxy groups -OCH3 is 1. The van der Waals surface area contributed by atoms with Crippen molar-refractivity contribution in [1.29, 1.82) is 0 Å². The molecule has 0 aliphatic heterocycles. The Bertz CT molecular complexity index is 1090. The zero-order valence-corrected chi connectivity index (χ0v) is 14.9. The predicted molar refractivity (Wildman–Crippen MR) is 103 cm³/mol. The SMILES string of the molecule is COc1c(C)cc(-c2ccc3nc(-c4ccccc4O)oc3c2)cc1C. The summed E-state index contributed by atoms with van der Waals surface area (Å²) in [4.78, 5) is 4.49. The maximum Gasteiger partial charge on any atom is 0.231 e. The van der Waals surface area contributed by atoms with Crippen LogP contribution >= 0.6 is 0 Å². The largest absolute Gasteiger partial charge is 0.507 e. The Morgan fingerprint density at radius 1 is 0.923 bits per heavy atom. The van der Waals surface area contributed by atoms with E-state index in [-0.39, 0.29) is 5.75 Å². The van der Waals surface area contributed by atoms with Gasteiger partial charge in [-0.05, 0) is 72.5 Å². The zero-order chi connectivity index (χ0) is 18.3. The van der Waals surface area contributed by atoms with Crippen LogP contribution in [0.25, 0.3) is 33.7 Å². The van der Waals surface area contributed by atoms with Crippen LogP contribution in [-0.4, -0.2) is 17.2 Å². The second-order valence-corrected chi connectivity index (χ2v) is 6.36. The van der Waals surface area contributed by atoms with E-state index in [1.54, 1.807) is 25.3 Å². The molecule has 3 aromatic carbocycles. The van der Waals surface area contributed by atoms with Crippen LogP contribution in [0.4, 0.5) is 0 Å². The van der Waals surface area contributed by atoms with Crippen molar-refractivity contribution in [2.45, 2.75) is 13.8 Å². The molecule has 4 rings (SSSR count). The lowest BCUT2D eigenvalue weighted by Crippen LogP contribution is -1.92. The van der Waals surface area contributed by atoms with E-state index >= 15 is 0 Å². The summed E-state index contributed by atoms with van der Waals surface area (Å²) in [5, 5.41) is 10.0. The topological polar surface area (TPSA) is 55.5 Å². The minimum atomic E-state index is 0.153. The number of ether oxygens (including phenoxy) is 1. The minimum Gasteiger partial charge on any atom is -0.507 e. The van der Waals surface area contributed by atoms with Gasteiger partial charge in [0.2, 0.25) is 5.89 Å². The molecule has 0 spiro atoms. The molecule has 4 heteroatoms. The molecule has 4 aromatic rings. The van der Waals surface area contributed by atoms with E-state index in [2.05, 4.69) is 17.1 Å². The van der Waals surface area contributed by atoms with E-state index in [1.807, 2.05) is 38.1 Å². The molecular weight excluding hydrogens is 326 g/mol. The van der Waals surface area contributed by atoms with Crippen molar-refractivity contribution in [1.82, 2.24) is 4.98 Å². The number of oxazole rings is 1. The third kappa shape index (κ3) is 2.69. The van der Waals surface area contributed by atoms with Crippen LogP contribution in [0.1, 0.15) is 11.1 Å². The Morgan fingerprint density at radius 2 is 1.65 bits per heavy atom. The van der Waals surface area contributed by atoms with Crippen molar-refractivity contribution in [3.63, 3.8) is 0 Å². The quantitative estimate of drug-likeness (QED) is 0.533. The van der Waals surface area contributed by atoms with Crippen LogP contribution in [0.5, 0.6) is 11.5 Å². The van der Waals surface area contributed by atoms with Crippen LogP contribution in [0.3, 0.4) is 0 Å². The molecule has 0 saturated heterocycles. The molecule has 0 radical (unpaired) electrons. The number of phenolic OH excluding ortho intramolecular Hbond substituents is 1. The molecule has 0 bridgehead atoms. The van der Waals surface area contributed by atoms with Gasteiger partial charge in [-0.15, -0.1) is 0 Å². The summed E-state index contributed by atoms with van der Waals surface area (Å²) in [7, 11) is 1.69. The third-order valence-electron chi connectivity index (χ3n) is 4.52. The maximum atomic E-state index is 10.0.